The first kappa shape index (κ1) is 17.6. The molecule has 2 N–H and O–H groups in total. The van der Waals surface area contributed by atoms with Gasteiger partial charge in [0.05, 0.1) is 10.6 Å². The molecule has 1 amide bonds. The average Bonchev–Trinajstić information content (AvgIpc) is 3.08. The van der Waals surface area contributed by atoms with Gasteiger partial charge in [-0.3, -0.25) is 4.79 Å². The SMILES string of the molecule is Cc1ccc(S(=O)(=O)Cc2ccc(C(=O)NC3CCNC3)cc2)cc1. The molecule has 0 saturated carbocycles. The fourth-order valence-corrected chi connectivity index (χ4v) is 4.20. The van der Waals surface area contributed by atoms with Crippen molar-refractivity contribution in [1.29, 1.82) is 0 Å². The molecule has 3 rings (SSSR count). The van der Waals surface area contributed by atoms with Crippen molar-refractivity contribution in [2.75, 3.05) is 13.1 Å². The maximum atomic E-state index is 12.5. The fraction of sp³-hybridized carbons (Fsp3) is 0.316. The second-order valence-electron chi connectivity index (χ2n) is 6.43. The van der Waals surface area contributed by atoms with Gasteiger partial charge in [0.1, 0.15) is 0 Å². The van der Waals surface area contributed by atoms with Crippen molar-refractivity contribution in [1.82, 2.24) is 10.6 Å². The molecule has 1 unspecified atom stereocenters. The Morgan fingerprint density at radius 2 is 1.80 bits per heavy atom. The van der Waals surface area contributed by atoms with Crippen molar-refractivity contribution in [3.05, 3.63) is 65.2 Å². The van der Waals surface area contributed by atoms with Gasteiger partial charge in [-0.15, -0.1) is 0 Å². The zero-order chi connectivity index (χ0) is 17.9. The number of aryl methyl sites for hydroxylation is 1. The van der Waals surface area contributed by atoms with E-state index >= 15 is 0 Å². The molecule has 5 nitrogen and oxygen atoms in total. The zero-order valence-corrected chi connectivity index (χ0v) is 15.0. The van der Waals surface area contributed by atoms with Gasteiger partial charge in [-0.05, 0) is 49.7 Å². The monoisotopic (exact) mass is 358 g/mol. The Hall–Kier alpha value is -2.18. The average molecular weight is 358 g/mol. The van der Waals surface area contributed by atoms with E-state index in [9.17, 15) is 13.2 Å². The standard InChI is InChI=1S/C19H22N2O3S/c1-14-2-8-18(9-3-14)25(23,24)13-15-4-6-16(7-5-15)19(22)21-17-10-11-20-12-17/h2-9,17,20H,10-13H2,1H3,(H,21,22). The van der Waals surface area contributed by atoms with Crippen molar-refractivity contribution in [2.45, 2.75) is 30.0 Å². The van der Waals surface area contributed by atoms with Crippen LogP contribution in [0, 0.1) is 6.92 Å². The van der Waals surface area contributed by atoms with Crippen LogP contribution < -0.4 is 10.6 Å². The molecule has 0 spiro atoms. The van der Waals surface area contributed by atoms with Gasteiger partial charge in [0.25, 0.3) is 5.91 Å². The largest absolute Gasteiger partial charge is 0.348 e. The van der Waals surface area contributed by atoms with Crippen LogP contribution in [0.15, 0.2) is 53.4 Å². The second kappa shape index (κ2) is 7.37. The minimum atomic E-state index is -3.39. The van der Waals surface area contributed by atoms with Gasteiger partial charge in [0.15, 0.2) is 9.84 Å². The lowest BCUT2D eigenvalue weighted by atomic mass is 10.1. The van der Waals surface area contributed by atoms with Gasteiger partial charge in [-0.25, -0.2) is 8.42 Å². The molecule has 0 aromatic heterocycles. The molecule has 1 atom stereocenters. The Kier molecular flexibility index (Phi) is 5.20. The number of amides is 1. The molecular weight excluding hydrogens is 336 g/mol. The molecular formula is C19H22N2O3S. The van der Waals surface area contributed by atoms with E-state index in [2.05, 4.69) is 10.6 Å². The first-order valence-corrected chi connectivity index (χ1v) is 9.99. The van der Waals surface area contributed by atoms with Crippen molar-refractivity contribution in [3.63, 3.8) is 0 Å². The summed E-state index contributed by atoms with van der Waals surface area (Å²) in [5.74, 6) is -0.202. The lowest BCUT2D eigenvalue weighted by molar-refractivity contribution is 0.0940. The number of hydrogen-bond acceptors (Lipinski definition) is 4. The molecule has 0 bridgehead atoms. The third kappa shape index (κ3) is 4.46. The molecule has 2 aromatic carbocycles. The number of hydrogen-bond donors (Lipinski definition) is 2. The molecule has 0 aliphatic carbocycles. The second-order valence-corrected chi connectivity index (χ2v) is 8.42. The Labute approximate surface area is 148 Å². The molecule has 1 saturated heterocycles. The van der Waals surface area contributed by atoms with Gasteiger partial charge in [-0.2, -0.15) is 0 Å². The van der Waals surface area contributed by atoms with E-state index in [1.54, 1.807) is 48.5 Å². The van der Waals surface area contributed by atoms with Crippen LogP contribution in [-0.4, -0.2) is 33.5 Å². The molecule has 1 aliphatic rings. The van der Waals surface area contributed by atoms with Crippen LogP contribution in [0.1, 0.15) is 27.9 Å². The number of rotatable bonds is 5. The van der Waals surface area contributed by atoms with E-state index in [1.165, 1.54) is 0 Å². The number of sulfone groups is 1. The third-order valence-electron chi connectivity index (χ3n) is 4.35. The molecule has 1 fully saturated rings. The highest BCUT2D eigenvalue weighted by molar-refractivity contribution is 7.90. The number of nitrogens with one attached hydrogen (secondary N) is 2. The minimum absolute atomic E-state index is 0.0789. The summed E-state index contributed by atoms with van der Waals surface area (Å²) in [6.45, 7) is 3.63. The van der Waals surface area contributed by atoms with E-state index in [-0.39, 0.29) is 17.7 Å². The summed E-state index contributed by atoms with van der Waals surface area (Å²) in [7, 11) is -3.39. The van der Waals surface area contributed by atoms with E-state index in [4.69, 9.17) is 0 Å². The van der Waals surface area contributed by atoms with Gasteiger partial charge in [-0.1, -0.05) is 29.8 Å². The highest BCUT2D eigenvalue weighted by Gasteiger charge is 2.18. The lowest BCUT2D eigenvalue weighted by Gasteiger charge is -2.11. The van der Waals surface area contributed by atoms with Crippen molar-refractivity contribution in [3.8, 4) is 0 Å². The number of carbonyl (C=O) groups excluding carboxylic acids is 1. The topological polar surface area (TPSA) is 75.3 Å². The summed E-state index contributed by atoms with van der Waals surface area (Å²) in [6, 6.07) is 13.8. The van der Waals surface area contributed by atoms with Gasteiger partial charge >= 0.3 is 0 Å². The lowest BCUT2D eigenvalue weighted by Crippen LogP contribution is -2.36. The third-order valence-corrected chi connectivity index (χ3v) is 6.05. The maximum absolute atomic E-state index is 12.5. The summed E-state index contributed by atoms with van der Waals surface area (Å²) >= 11 is 0. The van der Waals surface area contributed by atoms with E-state index < -0.39 is 9.84 Å². The van der Waals surface area contributed by atoms with Gasteiger partial charge in [0.2, 0.25) is 0 Å². The summed E-state index contributed by atoms with van der Waals surface area (Å²) in [5.41, 5.74) is 2.23. The first-order chi connectivity index (χ1) is 11.9. The number of carbonyl (C=O) groups is 1. The number of benzene rings is 2. The maximum Gasteiger partial charge on any atom is 0.251 e. The highest BCUT2D eigenvalue weighted by Crippen LogP contribution is 2.17. The fourth-order valence-electron chi connectivity index (χ4n) is 2.85. The normalized spacial score (nSPS) is 17.4. The summed E-state index contributed by atoms with van der Waals surface area (Å²) in [6.07, 6.45) is 0.929. The Morgan fingerprint density at radius 3 is 2.40 bits per heavy atom. The summed E-state index contributed by atoms with van der Waals surface area (Å²) in [5, 5.41) is 6.18. The van der Waals surface area contributed by atoms with E-state index in [0.717, 1.165) is 25.1 Å². The van der Waals surface area contributed by atoms with Crippen LogP contribution in [-0.2, 0) is 15.6 Å². The Bertz CT molecular complexity index is 837. The zero-order valence-electron chi connectivity index (χ0n) is 14.2. The van der Waals surface area contributed by atoms with Crippen LogP contribution in [0.4, 0.5) is 0 Å². The van der Waals surface area contributed by atoms with Crippen LogP contribution >= 0.6 is 0 Å². The van der Waals surface area contributed by atoms with Crippen molar-refractivity contribution in [2.24, 2.45) is 0 Å². The van der Waals surface area contributed by atoms with Crippen molar-refractivity contribution >= 4 is 15.7 Å². The molecule has 1 aliphatic heterocycles. The molecule has 2 aromatic rings. The Balaban J connectivity index is 1.67. The quantitative estimate of drug-likeness (QED) is 0.858. The predicted octanol–water partition coefficient (Wildman–Crippen LogP) is 2.06. The summed E-state index contributed by atoms with van der Waals surface area (Å²) in [4.78, 5) is 12.5. The predicted molar refractivity (Wildman–Crippen MR) is 97.3 cm³/mol. The minimum Gasteiger partial charge on any atom is -0.348 e. The van der Waals surface area contributed by atoms with Crippen LogP contribution in [0.25, 0.3) is 0 Å². The van der Waals surface area contributed by atoms with E-state index in [0.29, 0.717) is 16.0 Å². The summed E-state index contributed by atoms with van der Waals surface area (Å²) < 4.78 is 25.0. The Morgan fingerprint density at radius 1 is 1.12 bits per heavy atom. The van der Waals surface area contributed by atoms with Crippen LogP contribution in [0.5, 0.6) is 0 Å². The molecule has 1 heterocycles. The molecule has 6 heteroatoms. The van der Waals surface area contributed by atoms with E-state index in [1.807, 2.05) is 6.92 Å². The molecule has 25 heavy (non-hydrogen) atoms. The highest BCUT2D eigenvalue weighted by atomic mass is 32.2. The first-order valence-electron chi connectivity index (χ1n) is 8.34. The van der Waals surface area contributed by atoms with Crippen LogP contribution in [0.3, 0.4) is 0 Å². The van der Waals surface area contributed by atoms with Crippen molar-refractivity contribution < 1.29 is 13.2 Å². The molecule has 132 valence electrons. The van der Waals surface area contributed by atoms with Gasteiger partial charge in [0, 0.05) is 18.2 Å². The van der Waals surface area contributed by atoms with Gasteiger partial charge < -0.3 is 10.6 Å². The molecule has 0 radical (unpaired) electrons. The smallest absolute Gasteiger partial charge is 0.251 e. The van der Waals surface area contributed by atoms with Crippen LogP contribution in [0.2, 0.25) is 0 Å².